The van der Waals surface area contributed by atoms with Crippen LogP contribution in [0.15, 0.2) is 199 Å². The first-order valence-corrected chi connectivity index (χ1v) is 18.3. The van der Waals surface area contributed by atoms with E-state index in [0.717, 1.165) is 27.3 Å². The van der Waals surface area contributed by atoms with Gasteiger partial charge in [0.15, 0.2) is 0 Å². The minimum Gasteiger partial charge on any atom is -0.455 e. The molecule has 0 unspecified atom stereocenters. The summed E-state index contributed by atoms with van der Waals surface area (Å²) in [5.74, 6) is 0. The van der Waals surface area contributed by atoms with Crippen molar-refractivity contribution in [2.45, 2.75) is 0 Å². The van der Waals surface area contributed by atoms with E-state index >= 15 is 0 Å². The fourth-order valence-electron chi connectivity index (χ4n) is 8.60. The van der Waals surface area contributed by atoms with Crippen molar-refractivity contribution in [3.8, 4) is 44.5 Å². The van der Waals surface area contributed by atoms with Crippen LogP contribution in [0, 0.1) is 0 Å². The van der Waals surface area contributed by atoms with Gasteiger partial charge in [-0.1, -0.05) is 164 Å². The van der Waals surface area contributed by atoms with Gasteiger partial charge in [0, 0.05) is 16.2 Å². The third-order valence-corrected chi connectivity index (χ3v) is 11.0. The number of fused-ring (bicyclic) bond motifs is 8. The summed E-state index contributed by atoms with van der Waals surface area (Å²) in [5, 5.41) is 12.1. The van der Waals surface area contributed by atoms with Crippen LogP contribution in [0.5, 0.6) is 0 Å². The molecular formula is C52H32O. The molecule has 0 aliphatic rings. The third kappa shape index (κ3) is 4.71. The Bertz CT molecular complexity index is 3180. The Morgan fingerprint density at radius 2 is 0.755 bits per heavy atom. The quantitative estimate of drug-likeness (QED) is 0.170. The number of furan rings is 1. The molecule has 0 spiro atoms. The normalized spacial score (nSPS) is 11.8. The molecule has 0 radical (unpaired) electrons. The molecule has 0 atom stereocenters. The molecule has 10 aromatic carbocycles. The summed E-state index contributed by atoms with van der Waals surface area (Å²) in [6.45, 7) is 0. The summed E-state index contributed by atoms with van der Waals surface area (Å²) in [4.78, 5) is 0. The summed E-state index contributed by atoms with van der Waals surface area (Å²) in [5.41, 5.74) is 11.6. The predicted molar refractivity (Wildman–Crippen MR) is 225 cm³/mol. The Balaban J connectivity index is 1.13. The van der Waals surface area contributed by atoms with Crippen LogP contribution in [0.25, 0.3) is 110 Å². The molecule has 0 N–H and O–H groups in total. The first kappa shape index (κ1) is 29.7. The second-order valence-electron chi connectivity index (χ2n) is 14.0. The lowest BCUT2D eigenvalue weighted by atomic mass is 9.84. The first-order chi connectivity index (χ1) is 26.3. The largest absolute Gasteiger partial charge is 0.455 e. The summed E-state index contributed by atoms with van der Waals surface area (Å²) >= 11 is 0. The van der Waals surface area contributed by atoms with Crippen molar-refractivity contribution in [2.24, 2.45) is 0 Å². The van der Waals surface area contributed by atoms with Crippen molar-refractivity contribution >= 4 is 65.0 Å². The van der Waals surface area contributed by atoms with Crippen LogP contribution in [0.2, 0.25) is 0 Å². The fourth-order valence-corrected chi connectivity index (χ4v) is 8.60. The molecule has 0 saturated carbocycles. The lowest BCUT2D eigenvalue weighted by molar-refractivity contribution is 0.672. The average molecular weight is 673 g/mol. The van der Waals surface area contributed by atoms with Crippen molar-refractivity contribution in [1.29, 1.82) is 0 Å². The molecule has 1 heteroatoms. The molecule has 0 bridgehead atoms. The van der Waals surface area contributed by atoms with Gasteiger partial charge in [0.05, 0.1) is 0 Å². The maximum absolute atomic E-state index is 6.44. The predicted octanol–water partition coefficient (Wildman–Crippen LogP) is 14.9. The van der Waals surface area contributed by atoms with E-state index in [1.165, 1.54) is 82.2 Å². The lowest BCUT2D eigenvalue weighted by Gasteiger charge is -2.19. The molecule has 11 aromatic rings. The third-order valence-electron chi connectivity index (χ3n) is 11.0. The minimum absolute atomic E-state index is 0.916. The monoisotopic (exact) mass is 672 g/mol. The van der Waals surface area contributed by atoms with E-state index < -0.39 is 0 Å². The molecule has 246 valence electrons. The Morgan fingerprint density at radius 3 is 1.43 bits per heavy atom. The van der Waals surface area contributed by atoms with Crippen LogP contribution in [0.3, 0.4) is 0 Å². The number of para-hydroxylation sites is 1. The second-order valence-corrected chi connectivity index (χ2v) is 14.0. The van der Waals surface area contributed by atoms with E-state index in [2.05, 4.69) is 188 Å². The van der Waals surface area contributed by atoms with Crippen LogP contribution in [0.1, 0.15) is 0 Å². The molecule has 0 saturated heterocycles. The van der Waals surface area contributed by atoms with Crippen LogP contribution in [0.4, 0.5) is 0 Å². The maximum atomic E-state index is 6.44. The summed E-state index contributed by atoms with van der Waals surface area (Å²) < 4.78 is 6.44. The highest BCUT2D eigenvalue weighted by Crippen LogP contribution is 2.46. The zero-order valence-corrected chi connectivity index (χ0v) is 28.9. The first-order valence-electron chi connectivity index (χ1n) is 18.3. The van der Waals surface area contributed by atoms with E-state index in [4.69, 9.17) is 4.42 Å². The summed E-state index contributed by atoms with van der Waals surface area (Å²) in [7, 11) is 0. The zero-order chi connectivity index (χ0) is 34.9. The standard InChI is InChI=1S/C52H32O/c1-2-14-34-29-36(28-27-33(34)13-1)35-15-11-17-38(30-35)50-42-21-4-6-23-44(42)51(45-24-7-5-22-43(45)50)39-18-12-16-37(31-39)47-32-48-41-20-9-10-26-49(41)53-52(48)46-25-8-3-19-40(46)47/h1-32H. The van der Waals surface area contributed by atoms with Gasteiger partial charge in [0.1, 0.15) is 11.2 Å². The highest BCUT2D eigenvalue weighted by atomic mass is 16.3. The number of hydrogen-bond acceptors (Lipinski definition) is 1. The van der Waals surface area contributed by atoms with E-state index in [1.807, 2.05) is 6.07 Å². The maximum Gasteiger partial charge on any atom is 0.143 e. The van der Waals surface area contributed by atoms with E-state index in [9.17, 15) is 0 Å². The van der Waals surface area contributed by atoms with E-state index in [0.29, 0.717) is 0 Å². The van der Waals surface area contributed by atoms with Crippen molar-refractivity contribution in [3.05, 3.63) is 194 Å². The van der Waals surface area contributed by atoms with Gasteiger partial charge in [0.2, 0.25) is 0 Å². The van der Waals surface area contributed by atoms with Crippen LogP contribution >= 0.6 is 0 Å². The van der Waals surface area contributed by atoms with Gasteiger partial charge in [-0.2, -0.15) is 0 Å². The lowest BCUT2D eigenvalue weighted by Crippen LogP contribution is -1.92. The Kier molecular flexibility index (Phi) is 6.62. The highest BCUT2D eigenvalue weighted by Gasteiger charge is 2.19. The van der Waals surface area contributed by atoms with Gasteiger partial charge in [0.25, 0.3) is 0 Å². The van der Waals surface area contributed by atoms with Crippen molar-refractivity contribution in [1.82, 2.24) is 0 Å². The van der Waals surface area contributed by atoms with Crippen molar-refractivity contribution in [2.75, 3.05) is 0 Å². The number of benzene rings is 10. The van der Waals surface area contributed by atoms with Gasteiger partial charge in [-0.15, -0.1) is 0 Å². The van der Waals surface area contributed by atoms with Gasteiger partial charge in [-0.25, -0.2) is 0 Å². The molecule has 0 aliphatic carbocycles. The van der Waals surface area contributed by atoms with Crippen LogP contribution < -0.4 is 0 Å². The molecule has 1 aromatic heterocycles. The number of hydrogen-bond donors (Lipinski definition) is 0. The summed E-state index contributed by atoms with van der Waals surface area (Å²) in [6.07, 6.45) is 0. The SMILES string of the molecule is c1cc(-c2ccc3ccccc3c2)cc(-c2c3ccccc3c(-c3cccc(-c4cc5c6ccccc6oc5c5ccccc45)c3)c3ccccc23)c1. The van der Waals surface area contributed by atoms with E-state index in [-0.39, 0.29) is 0 Å². The highest BCUT2D eigenvalue weighted by molar-refractivity contribution is 6.22. The van der Waals surface area contributed by atoms with Crippen LogP contribution in [-0.4, -0.2) is 0 Å². The molecule has 53 heavy (non-hydrogen) atoms. The molecule has 1 nitrogen and oxygen atoms in total. The molecular weight excluding hydrogens is 641 g/mol. The molecule has 1 heterocycles. The Morgan fingerprint density at radius 1 is 0.264 bits per heavy atom. The van der Waals surface area contributed by atoms with E-state index in [1.54, 1.807) is 0 Å². The smallest absolute Gasteiger partial charge is 0.143 e. The average Bonchev–Trinajstić information content (AvgIpc) is 3.61. The molecule has 0 aliphatic heterocycles. The minimum atomic E-state index is 0.916. The van der Waals surface area contributed by atoms with Gasteiger partial charge >= 0.3 is 0 Å². The van der Waals surface area contributed by atoms with Gasteiger partial charge in [-0.05, 0) is 113 Å². The molecule has 11 rings (SSSR count). The Labute approximate surface area is 307 Å². The zero-order valence-electron chi connectivity index (χ0n) is 28.9. The molecule has 0 amide bonds. The van der Waals surface area contributed by atoms with Gasteiger partial charge < -0.3 is 4.42 Å². The van der Waals surface area contributed by atoms with Crippen molar-refractivity contribution < 1.29 is 4.42 Å². The van der Waals surface area contributed by atoms with Crippen molar-refractivity contribution in [3.63, 3.8) is 0 Å². The second kappa shape index (κ2) is 11.8. The van der Waals surface area contributed by atoms with Gasteiger partial charge in [-0.3, -0.25) is 0 Å². The fraction of sp³-hybridized carbons (Fsp3) is 0. The Hall–Kier alpha value is -6.96. The number of rotatable bonds is 4. The molecule has 0 fully saturated rings. The summed E-state index contributed by atoms with van der Waals surface area (Å²) in [6, 6.07) is 70.7. The van der Waals surface area contributed by atoms with Crippen LogP contribution in [-0.2, 0) is 0 Å². The topological polar surface area (TPSA) is 13.1 Å².